The maximum absolute atomic E-state index is 9.82. The van der Waals surface area contributed by atoms with Crippen molar-refractivity contribution in [2.75, 3.05) is 19.8 Å². The van der Waals surface area contributed by atoms with Gasteiger partial charge in [0.1, 0.15) is 0 Å². The van der Waals surface area contributed by atoms with Crippen molar-refractivity contribution in [3.63, 3.8) is 0 Å². The van der Waals surface area contributed by atoms with E-state index in [1.165, 1.54) is 0 Å². The van der Waals surface area contributed by atoms with E-state index in [1.807, 2.05) is 20.8 Å². The van der Waals surface area contributed by atoms with Gasteiger partial charge in [0.25, 0.3) is 0 Å². The van der Waals surface area contributed by atoms with Crippen molar-refractivity contribution in [2.45, 2.75) is 33.3 Å². The first-order valence-corrected chi connectivity index (χ1v) is 10.4. The minimum atomic E-state index is -1.19. The molecular weight excluding hydrogens is 524 g/mol. The molecule has 14 nitrogen and oxygen atoms in total. The summed E-state index contributed by atoms with van der Waals surface area (Å²) in [6, 6.07) is 0. The van der Waals surface area contributed by atoms with Gasteiger partial charge in [0, 0.05) is 30.4 Å². The van der Waals surface area contributed by atoms with Gasteiger partial charge in [-0.3, -0.25) is 0 Å². The number of aliphatic hydroxyl groups is 4. The lowest BCUT2D eigenvalue weighted by Crippen LogP contribution is -2.46. The van der Waals surface area contributed by atoms with Crippen molar-refractivity contribution in [1.82, 2.24) is 0 Å². The van der Waals surface area contributed by atoms with Gasteiger partial charge in [-0.15, -0.1) is 0 Å². The quantitative estimate of drug-likeness (QED) is 0.167. The van der Waals surface area contributed by atoms with Crippen molar-refractivity contribution >= 4 is 29.8 Å². The summed E-state index contributed by atoms with van der Waals surface area (Å²) in [5, 5.41) is 75.0. The van der Waals surface area contributed by atoms with E-state index < -0.39 is 61.2 Å². The molecule has 0 aromatic rings. The monoisotopic (exact) mass is 566 g/mol. The number of aliphatic hydroxyl groups excluding tert-OH is 4. The maximum Gasteiger partial charge on any atom is 0.327 e. The molecule has 0 saturated heterocycles. The average Bonchev–Trinajstić information content (AvgIpc) is 2.86. The zero-order chi connectivity index (χ0) is 32.8. The molecule has 0 aromatic carbocycles. The second kappa shape index (κ2) is 30.1. The highest BCUT2D eigenvalue weighted by molar-refractivity contribution is 5.80. The summed E-state index contributed by atoms with van der Waals surface area (Å²) in [7, 11) is 0. The number of carboxylic acids is 5. The van der Waals surface area contributed by atoms with Gasteiger partial charge in [-0.1, -0.05) is 53.7 Å². The highest BCUT2D eigenvalue weighted by atomic mass is 16.4. The van der Waals surface area contributed by atoms with E-state index in [-0.39, 0.29) is 5.41 Å². The lowest BCUT2D eigenvalue weighted by atomic mass is 9.76. The molecule has 1 atom stereocenters. The highest BCUT2D eigenvalue weighted by Gasteiger charge is 2.38. The molecule has 0 aliphatic heterocycles. The van der Waals surface area contributed by atoms with E-state index in [0.29, 0.717) is 6.42 Å². The molecule has 0 bridgehead atoms. The van der Waals surface area contributed by atoms with Crippen molar-refractivity contribution < 1.29 is 69.9 Å². The summed E-state index contributed by atoms with van der Waals surface area (Å²) >= 11 is 0. The molecule has 14 heteroatoms. The third-order valence-corrected chi connectivity index (χ3v) is 3.33. The van der Waals surface area contributed by atoms with Crippen LogP contribution in [0.2, 0.25) is 0 Å². The molecular formula is C25H42O14. The van der Waals surface area contributed by atoms with E-state index in [9.17, 15) is 29.1 Å². The molecule has 226 valence electrons. The fraction of sp³-hybridized carbons (Fsp3) is 0.400. The normalized spacial score (nSPS) is 9.72. The average molecular weight is 567 g/mol. The molecule has 39 heavy (non-hydrogen) atoms. The number of aliphatic carboxylic acids is 5. The maximum atomic E-state index is 9.82. The van der Waals surface area contributed by atoms with Crippen molar-refractivity contribution in [3.05, 3.63) is 63.3 Å². The van der Waals surface area contributed by atoms with Gasteiger partial charge >= 0.3 is 29.8 Å². The molecule has 9 N–H and O–H groups in total. The molecule has 0 rings (SSSR count). The van der Waals surface area contributed by atoms with E-state index in [2.05, 4.69) is 32.9 Å². The zero-order valence-corrected chi connectivity index (χ0v) is 22.4. The molecule has 1 unspecified atom stereocenters. The van der Waals surface area contributed by atoms with Crippen LogP contribution in [0, 0.1) is 10.8 Å². The Morgan fingerprint density at radius 3 is 0.795 bits per heavy atom. The zero-order valence-electron chi connectivity index (χ0n) is 22.4. The van der Waals surface area contributed by atoms with Crippen LogP contribution in [0.3, 0.4) is 0 Å². The number of hydrogen-bond donors (Lipinski definition) is 9. The van der Waals surface area contributed by atoms with Gasteiger partial charge in [0.05, 0.1) is 31.3 Å². The van der Waals surface area contributed by atoms with E-state index >= 15 is 0 Å². The predicted octanol–water partition coefficient (Wildman–Crippen LogP) is 1.03. The predicted molar refractivity (Wildman–Crippen MR) is 143 cm³/mol. The van der Waals surface area contributed by atoms with Crippen molar-refractivity contribution in [1.29, 1.82) is 0 Å². The van der Waals surface area contributed by atoms with E-state index in [1.54, 1.807) is 0 Å². The van der Waals surface area contributed by atoms with Crippen LogP contribution >= 0.6 is 0 Å². The number of rotatable bonds is 10. The molecule has 0 aliphatic rings. The Morgan fingerprint density at radius 1 is 0.564 bits per heavy atom. The Kier molecular flexibility index (Phi) is 37.1. The summed E-state index contributed by atoms with van der Waals surface area (Å²) in [6.07, 6.45) is 3.69. The van der Waals surface area contributed by atoms with Crippen molar-refractivity contribution in [3.8, 4) is 0 Å². The summed E-state index contributed by atoms with van der Waals surface area (Å²) in [5.74, 6) is -4.91. The number of carbonyl (C=O) groups is 5. The van der Waals surface area contributed by atoms with Gasteiger partial charge < -0.3 is 46.0 Å². The van der Waals surface area contributed by atoms with Gasteiger partial charge in [-0.2, -0.15) is 0 Å². The lowest BCUT2D eigenvalue weighted by Gasteiger charge is -2.36. The molecule has 0 aromatic heterocycles. The standard InChI is InChI=1S/C10H22O4.5C3H4O2/c1-9(2,3)4-8(14)10(5-11,6-12)7-13;5*1-2-3(4)5/h8,11-14H,4-7H2,1-3H3;5*2H,1H2,(H,4,5). The Bertz CT molecular complexity index is 646. The van der Waals surface area contributed by atoms with Gasteiger partial charge in [-0.25, -0.2) is 24.0 Å². The van der Waals surface area contributed by atoms with Gasteiger partial charge in [0.15, 0.2) is 0 Å². The van der Waals surface area contributed by atoms with Crippen LogP contribution in [0.15, 0.2) is 63.3 Å². The molecule has 0 fully saturated rings. The Labute approximate surface area is 227 Å². The smallest absolute Gasteiger partial charge is 0.327 e. The first kappa shape index (κ1) is 48.0. The highest BCUT2D eigenvalue weighted by Crippen LogP contribution is 2.30. The van der Waals surface area contributed by atoms with Crippen LogP contribution in [-0.2, 0) is 24.0 Å². The van der Waals surface area contributed by atoms with Crippen LogP contribution in [0.25, 0.3) is 0 Å². The Balaban J connectivity index is -0.0000000914. The topological polar surface area (TPSA) is 267 Å². The Hall–Kier alpha value is -4.11. The van der Waals surface area contributed by atoms with Crippen LogP contribution < -0.4 is 0 Å². The third kappa shape index (κ3) is 51.4. The second-order valence-electron chi connectivity index (χ2n) is 7.83. The lowest BCUT2D eigenvalue weighted by molar-refractivity contribution is -0.132. The molecule has 0 spiro atoms. The van der Waals surface area contributed by atoms with Crippen LogP contribution in [0.5, 0.6) is 0 Å². The van der Waals surface area contributed by atoms with Gasteiger partial charge in [0.2, 0.25) is 0 Å². The Morgan fingerprint density at radius 2 is 0.718 bits per heavy atom. The summed E-state index contributed by atoms with van der Waals surface area (Å²) in [6.45, 7) is 19.4. The van der Waals surface area contributed by atoms with Crippen molar-refractivity contribution in [2.24, 2.45) is 10.8 Å². The second-order valence-corrected chi connectivity index (χ2v) is 7.83. The summed E-state index contributed by atoms with van der Waals surface area (Å²) in [5.41, 5.74) is -1.29. The largest absolute Gasteiger partial charge is 0.478 e. The summed E-state index contributed by atoms with van der Waals surface area (Å²) in [4.78, 5) is 46.2. The van der Waals surface area contributed by atoms with E-state index in [0.717, 1.165) is 30.4 Å². The number of carboxylic acid groups (broad SMARTS) is 5. The minimum Gasteiger partial charge on any atom is -0.478 e. The van der Waals surface area contributed by atoms with Gasteiger partial charge in [-0.05, 0) is 11.8 Å². The molecule has 0 heterocycles. The fourth-order valence-electron chi connectivity index (χ4n) is 1.26. The van der Waals surface area contributed by atoms with Crippen LogP contribution in [0.4, 0.5) is 0 Å². The first-order valence-electron chi connectivity index (χ1n) is 10.4. The first-order chi connectivity index (χ1) is 17.7. The third-order valence-electron chi connectivity index (χ3n) is 3.33. The molecule has 0 radical (unpaired) electrons. The number of hydrogen-bond acceptors (Lipinski definition) is 9. The van der Waals surface area contributed by atoms with Crippen LogP contribution in [-0.4, -0.2) is 102 Å². The fourth-order valence-corrected chi connectivity index (χ4v) is 1.26. The minimum absolute atomic E-state index is 0.107. The van der Waals surface area contributed by atoms with Crippen LogP contribution in [0.1, 0.15) is 27.2 Å². The summed E-state index contributed by atoms with van der Waals surface area (Å²) < 4.78 is 0. The SMILES string of the molecule is C=CC(=O)O.C=CC(=O)O.C=CC(=O)O.C=CC(=O)O.C=CC(=O)O.CC(C)(C)CC(O)C(CO)(CO)CO. The van der Waals surface area contributed by atoms with E-state index in [4.69, 9.17) is 40.9 Å². The molecule has 0 aliphatic carbocycles. The molecule has 0 saturated carbocycles. The molecule has 0 amide bonds.